The molecule has 5 nitrogen and oxygen atoms in total. The van der Waals surface area contributed by atoms with Crippen molar-refractivity contribution in [1.82, 2.24) is 4.90 Å². The summed E-state index contributed by atoms with van der Waals surface area (Å²) in [5, 5.41) is 3.02. The van der Waals surface area contributed by atoms with Crippen LogP contribution in [0.1, 0.15) is 91.4 Å². The van der Waals surface area contributed by atoms with Crippen LogP contribution in [0.3, 0.4) is 0 Å². The third kappa shape index (κ3) is 7.52. The number of carbonyl (C=O) groups excluding carboxylic acids is 2. The monoisotopic (exact) mass is 650 g/mol. The number of hydrogen-bond donors (Lipinski definition) is 1. The van der Waals surface area contributed by atoms with E-state index >= 15 is 0 Å². The zero-order valence-corrected chi connectivity index (χ0v) is 27.7. The molecule has 1 amide bonds. The Kier molecular flexibility index (Phi) is 10.4. The predicted octanol–water partition coefficient (Wildman–Crippen LogP) is 9.76. The number of benzene rings is 4. The molecular weight excluding hydrogens is 606 g/mol. The third-order valence-electron chi connectivity index (χ3n) is 9.91. The number of hydrogen-bond acceptors (Lipinski definition) is 4. The van der Waals surface area contributed by atoms with Crippen molar-refractivity contribution in [3.8, 4) is 11.1 Å². The van der Waals surface area contributed by atoms with Gasteiger partial charge in [-0.2, -0.15) is 0 Å². The fraction of sp³-hybridized carbons (Fsp3) is 0.366. The van der Waals surface area contributed by atoms with Crippen molar-refractivity contribution in [2.45, 2.75) is 76.4 Å². The Hall–Kier alpha value is -4.36. The normalized spacial score (nSPS) is 16.4. The Bertz CT molecular complexity index is 1680. The van der Waals surface area contributed by atoms with Crippen LogP contribution in [-0.2, 0) is 15.5 Å². The van der Waals surface area contributed by atoms with Gasteiger partial charge in [-0.25, -0.2) is 13.6 Å². The summed E-state index contributed by atoms with van der Waals surface area (Å²) < 4.78 is 35.1. The average Bonchev–Trinajstić information content (AvgIpc) is 3.99. The Morgan fingerprint density at radius 3 is 2.06 bits per heavy atom. The molecule has 48 heavy (non-hydrogen) atoms. The van der Waals surface area contributed by atoms with Crippen molar-refractivity contribution in [2.75, 3.05) is 18.4 Å². The molecule has 0 spiro atoms. The van der Waals surface area contributed by atoms with E-state index in [0.29, 0.717) is 35.6 Å². The summed E-state index contributed by atoms with van der Waals surface area (Å²) in [4.78, 5) is 29.1. The van der Waals surface area contributed by atoms with Crippen LogP contribution >= 0.6 is 0 Å². The number of ether oxygens (including phenoxy) is 1. The van der Waals surface area contributed by atoms with E-state index < -0.39 is 17.9 Å². The second-order valence-corrected chi connectivity index (χ2v) is 13.1. The first-order valence-corrected chi connectivity index (χ1v) is 17.3. The van der Waals surface area contributed by atoms with Crippen molar-refractivity contribution in [1.29, 1.82) is 0 Å². The lowest BCUT2D eigenvalue weighted by atomic mass is 9.88. The summed E-state index contributed by atoms with van der Waals surface area (Å²) in [7, 11) is 0. The van der Waals surface area contributed by atoms with Gasteiger partial charge in [0.15, 0.2) is 0 Å². The van der Waals surface area contributed by atoms with E-state index in [0.717, 1.165) is 49.9 Å². The standard InChI is InChI=1S/C41H44F2N2O3/c1-3-35(4-2)48-40(47)38(31-10-6-5-7-11-31)45-26-24-29(25-27-45)28-16-22-34(23-17-28)44-39(46)37-13-9-8-12-36(37)30-14-18-32(19-15-30)41(42,43)33-20-21-33/h5-19,22-23,29,33,35,38H,3-4,20-21,24-27H2,1-2H3,(H,44,46). The largest absolute Gasteiger partial charge is 0.461 e. The molecule has 1 heterocycles. The minimum atomic E-state index is -2.82. The molecule has 4 aromatic carbocycles. The lowest BCUT2D eigenvalue weighted by Gasteiger charge is -2.37. The number of amides is 1. The first-order chi connectivity index (χ1) is 23.3. The smallest absolute Gasteiger partial charge is 0.328 e. The number of halogens is 2. The van der Waals surface area contributed by atoms with Crippen molar-refractivity contribution in [3.05, 3.63) is 125 Å². The van der Waals surface area contributed by atoms with Crippen molar-refractivity contribution < 1.29 is 23.1 Å². The highest BCUT2D eigenvalue weighted by atomic mass is 19.3. The highest BCUT2D eigenvalue weighted by Gasteiger charge is 2.47. The summed E-state index contributed by atoms with van der Waals surface area (Å²) in [6.45, 7) is 5.64. The molecule has 0 bridgehead atoms. The van der Waals surface area contributed by atoms with Crippen molar-refractivity contribution in [2.24, 2.45) is 5.92 Å². The second kappa shape index (κ2) is 14.8. The van der Waals surface area contributed by atoms with Gasteiger partial charge in [0.05, 0.1) is 0 Å². The maximum Gasteiger partial charge on any atom is 0.328 e. The summed E-state index contributed by atoms with van der Waals surface area (Å²) in [5.74, 6) is -3.48. The molecule has 6 rings (SSSR count). The van der Waals surface area contributed by atoms with Crippen LogP contribution in [0.2, 0.25) is 0 Å². The van der Waals surface area contributed by atoms with Crippen LogP contribution in [0.25, 0.3) is 11.1 Å². The topological polar surface area (TPSA) is 58.6 Å². The molecule has 0 radical (unpaired) electrons. The van der Waals surface area contributed by atoms with Crippen LogP contribution in [-0.4, -0.2) is 36.0 Å². The number of piperidine rings is 1. The van der Waals surface area contributed by atoms with E-state index in [4.69, 9.17) is 4.74 Å². The number of nitrogens with zero attached hydrogens (tertiary/aromatic N) is 1. The number of alkyl halides is 2. The predicted molar refractivity (Wildman–Crippen MR) is 186 cm³/mol. The quantitative estimate of drug-likeness (QED) is 0.155. The minimum Gasteiger partial charge on any atom is -0.461 e. The van der Waals surface area contributed by atoms with E-state index in [-0.39, 0.29) is 23.5 Å². The second-order valence-electron chi connectivity index (χ2n) is 13.1. The van der Waals surface area contributed by atoms with E-state index in [1.807, 2.05) is 68.4 Å². The highest BCUT2D eigenvalue weighted by Crippen LogP contribution is 2.49. The molecule has 1 saturated carbocycles. The van der Waals surface area contributed by atoms with E-state index in [2.05, 4.69) is 22.3 Å². The SMILES string of the molecule is CCC(CC)OC(=O)C(c1ccccc1)N1CCC(c2ccc(NC(=O)c3ccccc3-c3ccc(C(F)(F)C4CC4)cc3)cc2)CC1. The Labute approximate surface area is 282 Å². The van der Waals surface area contributed by atoms with Gasteiger partial charge in [0.1, 0.15) is 12.1 Å². The maximum absolute atomic E-state index is 14.6. The molecule has 1 N–H and O–H groups in total. The Morgan fingerprint density at radius 1 is 0.812 bits per heavy atom. The number of esters is 1. The van der Waals surface area contributed by atoms with Gasteiger partial charge in [0.25, 0.3) is 11.8 Å². The van der Waals surface area contributed by atoms with Crippen molar-refractivity contribution >= 4 is 17.6 Å². The minimum absolute atomic E-state index is 0.0250. The summed E-state index contributed by atoms with van der Waals surface area (Å²) in [5.41, 5.74) is 4.76. The molecule has 0 aromatic heterocycles. The van der Waals surface area contributed by atoms with Gasteiger partial charge in [0.2, 0.25) is 0 Å². The van der Waals surface area contributed by atoms with Gasteiger partial charge in [-0.1, -0.05) is 98.8 Å². The maximum atomic E-state index is 14.6. The first-order valence-electron chi connectivity index (χ1n) is 17.3. The van der Waals surface area contributed by atoms with Crippen LogP contribution in [0, 0.1) is 5.92 Å². The number of likely N-dealkylation sites (tertiary alicyclic amines) is 1. The van der Waals surface area contributed by atoms with Gasteiger partial charge < -0.3 is 10.1 Å². The molecule has 4 aromatic rings. The van der Waals surface area contributed by atoms with E-state index in [1.54, 1.807) is 24.3 Å². The molecule has 250 valence electrons. The first kappa shape index (κ1) is 33.5. The van der Waals surface area contributed by atoms with Gasteiger partial charge in [-0.15, -0.1) is 0 Å². The molecule has 1 saturated heterocycles. The molecule has 1 aliphatic heterocycles. The molecule has 7 heteroatoms. The number of rotatable bonds is 12. The Balaban J connectivity index is 1.09. The molecule has 2 aliphatic rings. The summed E-state index contributed by atoms with van der Waals surface area (Å²) in [6.07, 6.45) is 4.46. The zero-order chi connectivity index (χ0) is 33.7. The molecule has 1 atom stereocenters. The van der Waals surface area contributed by atoms with E-state index in [1.165, 1.54) is 17.7 Å². The van der Waals surface area contributed by atoms with Gasteiger partial charge in [0, 0.05) is 22.7 Å². The van der Waals surface area contributed by atoms with Crippen LogP contribution in [0.5, 0.6) is 0 Å². The zero-order valence-electron chi connectivity index (χ0n) is 27.7. The van der Waals surface area contributed by atoms with E-state index in [9.17, 15) is 18.4 Å². The number of anilines is 1. The van der Waals surface area contributed by atoms with Crippen molar-refractivity contribution in [3.63, 3.8) is 0 Å². The van der Waals surface area contributed by atoms with Gasteiger partial charge in [-0.05, 0) is 98.0 Å². The van der Waals surface area contributed by atoms with Gasteiger partial charge >= 0.3 is 5.97 Å². The lowest BCUT2D eigenvalue weighted by Crippen LogP contribution is -2.41. The van der Waals surface area contributed by atoms with Crippen LogP contribution in [0.4, 0.5) is 14.5 Å². The molecule has 2 fully saturated rings. The fourth-order valence-electron chi connectivity index (χ4n) is 6.83. The Morgan fingerprint density at radius 2 is 1.44 bits per heavy atom. The average molecular weight is 651 g/mol. The van der Waals surface area contributed by atoms with Crippen LogP contribution < -0.4 is 5.32 Å². The lowest BCUT2D eigenvalue weighted by molar-refractivity contribution is -0.156. The third-order valence-corrected chi connectivity index (χ3v) is 9.91. The number of carbonyl (C=O) groups is 2. The summed E-state index contributed by atoms with van der Waals surface area (Å²) >= 11 is 0. The summed E-state index contributed by atoms with van der Waals surface area (Å²) in [6, 6.07) is 31.0. The molecule has 1 aliphatic carbocycles. The number of nitrogens with one attached hydrogen (secondary N) is 1. The fourth-order valence-corrected chi connectivity index (χ4v) is 6.83. The van der Waals surface area contributed by atoms with Crippen LogP contribution in [0.15, 0.2) is 103 Å². The molecule has 1 unspecified atom stereocenters. The van der Waals surface area contributed by atoms with Gasteiger partial charge in [-0.3, -0.25) is 9.69 Å². The highest BCUT2D eigenvalue weighted by molar-refractivity contribution is 6.08. The molecular formula is C41H44F2N2O3.